The largest absolute Gasteiger partial charge is 0.348 e. The lowest BCUT2D eigenvalue weighted by Gasteiger charge is -2.26. The highest BCUT2D eigenvalue weighted by Gasteiger charge is 2.16. The number of hydrogen-bond donors (Lipinski definition) is 0. The maximum Gasteiger partial charge on any atom is 0.213 e. The van der Waals surface area contributed by atoms with Crippen molar-refractivity contribution >= 4 is 39.8 Å². The molecule has 0 saturated carbocycles. The first-order chi connectivity index (χ1) is 17.2. The molecule has 3 aromatic rings. The van der Waals surface area contributed by atoms with E-state index in [-0.39, 0.29) is 0 Å². The molecule has 0 amide bonds. The van der Waals surface area contributed by atoms with Gasteiger partial charge < -0.3 is 4.90 Å². The maximum atomic E-state index is 6.94. The number of benzene rings is 2. The Labute approximate surface area is 213 Å². The number of pyridine rings is 1. The van der Waals surface area contributed by atoms with Crippen LogP contribution in [0.2, 0.25) is 0 Å². The molecule has 2 nitrogen and oxygen atoms in total. The van der Waals surface area contributed by atoms with Crippen LogP contribution in [0.15, 0.2) is 107 Å². The minimum absolute atomic E-state index is 0.900. The van der Waals surface area contributed by atoms with Gasteiger partial charge in [0.15, 0.2) is 6.20 Å². The number of allylic oxidation sites excluding steroid dienone is 8. The normalized spacial score (nSPS) is 18.3. The van der Waals surface area contributed by atoms with Gasteiger partial charge in [-0.3, -0.25) is 0 Å². The van der Waals surface area contributed by atoms with Gasteiger partial charge in [0.25, 0.3) is 0 Å². The molecule has 1 aromatic heterocycles. The maximum absolute atomic E-state index is 6.94. The van der Waals surface area contributed by atoms with Gasteiger partial charge in [0.05, 0.1) is 5.39 Å². The monoisotopic (exact) mass is 479 g/mol. The molecular weight excluding hydrogens is 448 g/mol. The predicted octanol–water partition coefficient (Wildman–Crippen LogP) is 8.20. The number of hydrogen-bond acceptors (Lipinski definition) is 1. The second-order valence-corrected chi connectivity index (χ2v) is 9.41. The highest BCUT2D eigenvalue weighted by molar-refractivity contribution is 6.32. The summed E-state index contributed by atoms with van der Waals surface area (Å²) in [4.78, 5) is 2.28. The lowest BCUT2D eigenvalue weighted by atomic mass is 9.92. The molecule has 0 spiro atoms. The number of aryl methyl sites for hydroxylation is 1. The van der Waals surface area contributed by atoms with E-state index in [0.717, 1.165) is 37.4 Å². The van der Waals surface area contributed by atoms with Crippen LogP contribution in [0.5, 0.6) is 0 Å². The topological polar surface area (TPSA) is 7.12 Å². The molecule has 0 unspecified atom stereocenters. The summed E-state index contributed by atoms with van der Waals surface area (Å²) < 4.78 is 2.28. The molecule has 176 valence electrons. The summed E-state index contributed by atoms with van der Waals surface area (Å²) >= 11 is 6.94. The van der Waals surface area contributed by atoms with E-state index in [0.29, 0.717) is 0 Å². The summed E-state index contributed by atoms with van der Waals surface area (Å²) in [5.74, 6) is 0. The van der Waals surface area contributed by atoms with Crippen molar-refractivity contribution in [2.24, 2.45) is 0 Å². The number of halogens is 1. The van der Waals surface area contributed by atoms with E-state index in [1.54, 1.807) is 0 Å². The molecule has 1 aliphatic heterocycles. The van der Waals surface area contributed by atoms with Crippen molar-refractivity contribution in [3.05, 3.63) is 119 Å². The molecule has 35 heavy (non-hydrogen) atoms. The van der Waals surface area contributed by atoms with Gasteiger partial charge in [0.1, 0.15) is 6.54 Å². The van der Waals surface area contributed by atoms with Crippen molar-refractivity contribution in [1.29, 1.82) is 0 Å². The van der Waals surface area contributed by atoms with Gasteiger partial charge in [-0.2, -0.15) is 4.57 Å². The molecule has 2 heterocycles. The van der Waals surface area contributed by atoms with Crippen molar-refractivity contribution in [1.82, 2.24) is 0 Å². The average molecular weight is 480 g/mol. The number of rotatable bonds is 5. The second kappa shape index (κ2) is 10.5. The van der Waals surface area contributed by atoms with Gasteiger partial charge in [-0.1, -0.05) is 66.2 Å². The fraction of sp³-hybridized carbons (Fsp3) is 0.219. The van der Waals surface area contributed by atoms with E-state index < -0.39 is 0 Å². The average Bonchev–Trinajstić information content (AvgIpc) is 2.91. The van der Waals surface area contributed by atoms with Gasteiger partial charge in [0, 0.05) is 41.2 Å². The van der Waals surface area contributed by atoms with E-state index in [9.17, 15) is 0 Å². The van der Waals surface area contributed by atoms with E-state index in [2.05, 4.69) is 121 Å². The van der Waals surface area contributed by atoms with Crippen molar-refractivity contribution in [2.75, 3.05) is 11.4 Å². The lowest BCUT2D eigenvalue weighted by Crippen LogP contribution is -2.32. The van der Waals surface area contributed by atoms with Gasteiger partial charge in [-0.15, -0.1) is 0 Å². The zero-order valence-electron chi connectivity index (χ0n) is 20.5. The molecule has 1 aliphatic carbocycles. The fourth-order valence-corrected chi connectivity index (χ4v) is 5.36. The molecule has 0 saturated heterocycles. The molecule has 0 atom stereocenters. The Kier molecular flexibility index (Phi) is 7.01. The molecule has 0 fully saturated rings. The lowest BCUT2D eigenvalue weighted by molar-refractivity contribution is -0.667. The summed E-state index contributed by atoms with van der Waals surface area (Å²) in [5.41, 5.74) is 8.68. The molecule has 0 bridgehead atoms. The van der Waals surface area contributed by atoms with E-state index in [4.69, 9.17) is 11.6 Å². The van der Waals surface area contributed by atoms with Crippen molar-refractivity contribution in [3.63, 3.8) is 0 Å². The summed E-state index contributed by atoms with van der Waals surface area (Å²) in [6.45, 7) is 6.28. The van der Waals surface area contributed by atoms with Crippen LogP contribution in [0.1, 0.15) is 44.2 Å². The standard InChI is InChI=1S/C32H32ClN2/c1-3-34-22-20-24(28-12-5-7-14-30(28)34)16-18-26-10-9-11-27(32(26)33)19-17-25-21-23-35(4-2)31-15-8-6-13-29(25)31/h5-8,12-23H,3-4,9-11H2,1-2H3/q+1. The number of anilines is 1. The first-order valence-corrected chi connectivity index (χ1v) is 13.0. The van der Waals surface area contributed by atoms with Crippen LogP contribution in [-0.4, -0.2) is 6.54 Å². The first-order valence-electron chi connectivity index (χ1n) is 12.6. The summed E-state index contributed by atoms with van der Waals surface area (Å²) in [7, 11) is 0. The molecule has 3 heteroatoms. The SMILES string of the molecule is CCN1C=CC(=CC=C2CCCC(C=Cc3cc[n+](CC)c4ccccc34)=C2Cl)c2ccccc21. The van der Waals surface area contributed by atoms with E-state index in [1.165, 1.54) is 44.4 Å². The zero-order chi connectivity index (χ0) is 24.2. The third kappa shape index (κ3) is 4.76. The number of nitrogens with zero attached hydrogens (tertiary/aromatic N) is 2. The smallest absolute Gasteiger partial charge is 0.213 e. The summed E-state index contributed by atoms with van der Waals surface area (Å²) in [6.07, 6.45) is 18.6. The minimum Gasteiger partial charge on any atom is -0.348 e. The van der Waals surface area contributed by atoms with Crippen molar-refractivity contribution in [3.8, 4) is 0 Å². The van der Waals surface area contributed by atoms with Gasteiger partial charge in [0.2, 0.25) is 5.52 Å². The van der Waals surface area contributed by atoms with Crippen LogP contribution in [0, 0.1) is 0 Å². The van der Waals surface area contributed by atoms with E-state index >= 15 is 0 Å². The third-order valence-corrected chi connectivity index (χ3v) is 7.47. The highest BCUT2D eigenvalue weighted by Crippen LogP contribution is 2.36. The van der Waals surface area contributed by atoms with Crippen LogP contribution in [-0.2, 0) is 6.54 Å². The Morgan fingerprint density at radius 3 is 2.63 bits per heavy atom. The molecule has 2 aromatic carbocycles. The number of fused-ring (bicyclic) bond motifs is 2. The molecule has 5 rings (SSSR count). The first kappa shape index (κ1) is 23.4. The van der Waals surface area contributed by atoms with Crippen LogP contribution < -0.4 is 9.47 Å². The third-order valence-electron chi connectivity index (χ3n) is 6.98. The Morgan fingerprint density at radius 2 is 1.77 bits per heavy atom. The minimum atomic E-state index is 0.900. The van der Waals surface area contributed by atoms with Crippen LogP contribution in [0.4, 0.5) is 5.69 Å². The van der Waals surface area contributed by atoms with Gasteiger partial charge in [-0.05, 0) is 73.6 Å². The van der Waals surface area contributed by atoms with Gasteiger partial charge in [-0.25, -0.2) is 0 Å². The zero-order valence-corrected chi connectivity index (χ0v) is 21.3. The Morgan fingerprint density at radius 1 is 0.943 bits per heavy atom. The summed E-state index contributed by atoms with van der Waals surface area (Å²) in [5, 5.41) is 2.17. The fourth-order valence-electron chi connectivity index (χ4n) is 5.05. The second-order valence-electron chi connectivity index (χ2n) is 9.03. The number of aromatic nitrogens is 1. The van der Waals surface area contributed by atoms with Crippen LogP contribution in [0.3, 0.4) is 0 Å². The van der Waals surface area contributed by atoms with Crippen molar-refractivity contribution < 1.29 is 4.57 Å². The number of para-hydroxylation sites is 2. The Bertz CT molecular complexity index is 1400. The molecule has 2 aliphatic rings. The summed E-state index contributed by atoms with van der Waals surface area (Å²) in [6, 6.07) is 19.4. The molecule has 0 N–H and O–H groups in total. The predicted molar refractivity (Wildman–Crippen MR) is 150 cm³/mol. The quantitative estimate of drug-likeness (QED) is 0.334. The Balaban J connectivity index is 1.45. The van der Waals surface area contributed by atoms with Crippen molar-refractivity contribution in [2.45, 2.75) is 39.7 Å². The Hall–Kier alpha value is -3.36. The van der Waals surface area contributed by atoms with E-state index in [1.807, 2.05) is 0 Å². The molecule has 0 radical (unpaired) electrons. The van der Waals surface area contributed by atoms with Crippen LogP contribution in [0.25, 0.3) is 22.6 Å². The van der Waals surface area contributed by atoms with Crippen LogP contribution >= 0.6 is 11.6 Å². The van der Waals surface area contributed by atoms with Gasteiger partial charge >= 0.3 is 0 Å². The molecular formula is C32H32ClN2+. The highest BCUT2D eigenvalue weighted by atomic mass is 35.5.